The Balaban J connectivity index is 1.36. The van der Waals surface area contributed by atoms with Gasteiger partial charge >= 0.3 is 0 Å². The van der Waals surface area contributed by atoms with E-state index >= 15 is 0 Å². The number of carbonyl (C=O) groups is 1. The summed E-state index contributed by atoms with van der Waals surface area (Å²) in [6, 6.07) is 21.1. The molecule has 0 radical (unpaired) electrons. The lowest BCUT2D eigenvalue weighted by molar-refractivity contribution is 0.0677. The predicted octanol–water partition coefficient (Wildman–Crippen LogP) is 5.49. The monoisotopic (exact) mass is 387 g/mol. The van der Waals surface area contributed by atoms with E-state index in [1.54, 1.807) is 12.3 Å². The van der Waals surface area contributed by atoms with Gasteiger partial charge in [0, 0.05) is 18.8 Å². The lowest BCUT2D eigenvalue weighted by atomic mass is 10.00. The first-order valence-corrected chi connectivity index (χ1v) is 10.0. The topological polar surface area (TPSA) is 54.5 Å². The third-order valence-electron chi connectivity index (χ3n) is 5.05. The van der Waals surface area contributed by atoms with Crippen LogP contribution in [0.1, 0.15) is 30.3 Å². The summed E-state index contributed by atoms with van der Waals surface area (Å²) in [5.74, 6) is 2.16. The Labute approximate surface area is 171 Å². The quantitative estimate of drug-likeness (QED) is 0.629. The van der Waals surface area contributed by atoms with E-state index in [4.69, 9.17) is 4.74 Å². The fourth-order valence-corrected chi connectivity index (χ4v) is 3.53. The number of rotatable bonds is 5. The number of hydrogen-bond donors (Lipinski definition) is 1. The normalized spacial score (nSPS) is 16.3. The standard InChI is InChI=1S/C24H25N3O2/c1-18-6-5-15-27(17-18)24(28)23-14-11-20(16-25-23)26-19-9-12-22(13-10-19)29-21-7-3-2-4-8-21/h2-4,7-14,16,18,26H,5-6,15,17H2,1H3. The van der Waals surface area contributed by atoms with Crippen molar-refractivity contribution in [1.82, 2.24) is 9.88 Å². The van der Waals surface area contributed by atoms with Crippen molar-refractivity contribution in [2.45, 2.75) is 19.8 Å². The minimum atomic E-state index is 0.0190. The summed E-state index contributed by atoms with van der Waals surface area (Å²) in [4.78, 5) is 18.9. The summed E-state index contributed by atoms with van der Waals surface area (Å²) >= 11 is 0. The van der Waals surface area contributed by atoms with Crippen molar-refractivity contribution in [2.24, 2.45) is 5.92 Å². The molecule has 148 valence electrons. The molecule has 1 aromatic heterocycles. The molecule has 2 aromatic carbocycles. The Hall–Kier alpha value is -3.34. The molecule has 1 fully saturated rings. The van der Waals surface area contributed by atoms with Crippen molar-refractivity contribution in [3.05, 3.63) is 78.6 Å². The van der Waals surface area contributed by atoms with E-state index in [2.05, 4.69) is 17.2 Å². The van der Waals surface area contributed by atoms with Crippen LogP contribution >= 0.6 is 0 Å². The molecular formula is C24H25N3O2. The molecular weight excluding hydrogens is 362 g/mol. The number of carbonyl (C=O) groups excluding carboxylic acids is 1. The molecule has 3 aromatic rings. The van der Waals surface area contributed by atoms with Gasteiger partial charge in [0.15, 0.2) is 0 Å². The van der Waals surface area contributed by atoms with Gasteiger partial charge in [-0.05, 0) is 67.3 Å². The molecule has 5 heteroatoms. The smallest absolute Gasteiger partial charge is 0.272 e. The molecule has 1 aliphatic rings. The van der Waals surface area contributed by atoms with E-state index in [0.717, 1.165) is 42.4 Å². The maximum atomic E-state index is 12.6. The highest BCUT2D eigenvalue weighted by molar-refractivity contribution is 5.92. The van der Waals surface area contributed by atoms with Crippen LogP contribution in [0.2, 0.25) is 0 Å². The zero-order chi connectivity index (χ0) is 20.1. The van der Waals surface area contributed by atoms with Gasteiger partial charge in [-0.15, -0.1) is 0 Å². The first kappa shape index (κ1) is 19.0. The van der Waals surface area contributed by atoms with Crippen LogP contribution in [0.5, 0.6) is 11.5 Å². The highest BCUT2D eigenvalue weighted by Gasteiger charge is 2.22. The summed E-state index contributed by atoms with van der Waals surface area (Å²) in [6.45, 7) is 3.83. The third-order valence-corrected chi connectivity index (χ3v) is 5.05. The van der Waals surface area contributed by atoms with Crippen LogP contribution in [0.25, 0.3) is 0 Å². The zero-order valence-electron chi connectivity index (χ0n) is 16.5. The van der Waals surface area contributed by atoms with Crippen molar-refractivity contribution < 1.29 is 9.53 Å². The number of para-hydroxylation sites is 1. The number of anilines is 2. The van der Waals surface area contributed by atoms with Crippen molar-refractivity contribution in [1.29, 1.82) is 0 Å². The van der Waals surface area contributed by atoms with E-state index < -0.39 is 0 Å². The maximum absolute atomic E-state index is 12.6. The lowest BCUT2D eigenvalue weighted by Crippen LogP contribution is -2.39. The Bertz CT molecular complexity index is 940. The molecule has 1 saturated heterocycles. The van der Waals surface area contributed by atoms with E-state index in [1.807, 2.05) is 65.6 Å². The molecule has 1 amide bonds. The molecule has 0 saturated carbocycles. The van der Waals surface area contributed by atoms with Crippen LogP contribution in [0.15, 0.2) is 72.9 Å². The van der Waals surface area contributed by atoms with Crippen LogP contribution < -0.4 is 10.1 Å². The predicted molar refractivity (Wildman–Crippen MR) is 115 cm³/mol. The van der Waals surface area contributed by atoms with Gasteiger partial charge in [-0.2, -0.15) is 0 Å². The van der Waals surface area contributed by atoms with Crippen molar-refractivity contribution in [3.8, 4) is 11.5 Å². The summed E-state index contributed by atoms with van der Waals surface area (Å²) in [5, 5.41) is 3.30. The first-order valence-electron chi connectivity index (χ1n) is 10.0. The molecule has 1 unspecified atom stereocenters. The van der Waals surface area contributed by atoms with E-state index in [-0.39, 0.29) is 5.91 Å². The number of aromatic nitrogens is 1. The summed E-state index contributed by atoms with van der Waals surface area (Å²) < 4.78 is 5.81. The van der Waals surface area contributed by atoms with Crippen molar-refractivity contribution in [2.75, 3.05) is 18.4 Å². The molecule has 0 aliphatic carbocycles. The van der Waals surface area contributed by atoms with Crippen LogP contribution in [-0.4, -0.2) is 28.9 Å². The SMILES string of the molecule is CC1CCCN(C(=O)c2ccc(Nc3ccc(Oc4ccccc4)cc3)cn2)C1. The molecule has 1 N–H and O–H groups in total. The third kappa shape index (κ3) is 4.93. The number of nitrogens with one attached hydrogen (secondary N) is 1. The number of pyridine rings is 1. The second-order valence-corrected chi connectivity index (χ2v) is 7.50. The summed E-state index contributed by atoms with van der Waals surface area (Å²) in [5.41, 5.74) is 2.26. The number of hydrogen-bond acceptors (Lipinski definition) is 4. The highest BCUT2D eigenvalue weighted by Crippen LogP contribution is 2.24. The minimum absolute atomic E-state index is 0.0190. The lowest BCUT2D eigenvalue weighted by Gasteiger charge is -2.30. The van der Waals surface area contributed by atoms with Crippen LogP contribution in [0, 0.1) is 5.92 Å². The van der Waals surface area contributed by atoms with Gasteiger partial charge in [-0.3, -0.25) is 4.79 Å². The van der Waals surface area contributed by atoms with Crippen molar-refractivity contribution >= 4 is 17.3 Å². The molecule has 1 aliphatic heterocycles. The fourth-order valence-electron chi connectivity index (χ4n) is 3.53. The van der Waals surface area contributed by atoms with Gasteiger partial charge < -0.3 is 15.0 Å². The van der Waals surface area contributed by atoms with Crippen LogP contribution in [0.3, 0.4) is 0 Å². The Morgan fingerprint density at radius 1 is 1.00 bits per heavy atom. The fraction of sp³-hybridized carbons (Fsp3) is 0.250. The summed E-state index contributed by atoms with van der Waals surface area (Å²) in [6.07, 6.45) is 3.96. The highest BCUT2D eigenvalue weighted by atomic mass is 16.5. The number of likely N-dealkylation sites (tertiary alicyclic amines) is 1. The molecule has 5 nitrogen and oxygen atoms in total. The summed E-state index contributed by atoms with van der Waals surface area (Å²) in [7, 11) is 0. The molecule has 29 heavy (non-hydrogen) atoms. The van der Waals surface area contributed by atoms with E-state index in [0.29, 0.717) is 11.6 Å². The number of ether oxygens (including phenoxy) is 1. The number of nitrogens with zero attached hydrogens (tertiary/aromatic N) is 2. The van der Waals surface area contributed by atoms with Gasteiger partial charge in [-0.25, -0.2) is 4.98 Å². The second kappa shape index (κ2) is 8.78. The molecule has 1 atom stereocenters. The first-order chi connectivity index (χ1) is 14.2. The minimum Gasteiger partial charge on any atom is -0.457 e. The number of piperidine rings is 1. The largest absolute Gasteiger partial charge is 0.457 e. The zero-order valence-corrected chi connectivity index (χ0v) is 16.5. The van der Waals surface area contributed by atoms with Crippen molar-refractivity contribution in [3.63, 3.8) is 0 Å². The molecule has 0 bridgehead atoms. The Morgan fingerprint density at radius 2 is 1.72 bits per heavy atom. The van der Waals surface area contributed by atoms with Crippen LogP contribution in [0.4, 0.5) is 11.4 Å². The number of amides is 1. The average molecular weight is 387 g/mol. The Kier molecular flexibility index (Phi) is 5.75. The van der Waals surface area contributed by atoms with Gasteiger partial charge in [0.25, 0.3) is 5.91 Å². The van der Waals surface area contributed by atoms with Gasteiger partial charge in [0.1, 0.15) is 17.2 Å². The van der Waals surface area contributed by atoms with Gasteiger partial charge in [0.2, 0.25) is 0 Å². The number of benzene rings is 2. The van der Waals surface area contributed by atoms with E-state index in [9.17, 15) is 4.79 Å². The molecule has 0 spiro atoms. The van der Waals surface area contributed by atoms with E-state index in [1.165, 1.54) is 6.42 Å². The maximum Gasteiger partial charge on any atom is 0.272 e. The van der Waals surface area contributed by atoms with Crippen LogP contribution in [-0.2, 0) is 0 Å². The average Bonchev–Trinajstić information content (AvgIpc) is 2.76. The second-order valence-electron chi connectivity index (χ2n) is 7.50. The molecule has 2 heterocycles. The van der Waals surface area contributed by atoms with Gasteiger partial charge in [0.05, 0.1) is 11.9 Å². The Morgan fingerprint density at radius 3 is 2.41 bits per heavy atom. The molecule has 4 rings (SSSR count). The van der Waals surface area contributed by atoms with Gasteiger partial charge in [-0.1, -0.05) is 25.1 Å².